The third kappa shape index (κ3) is 4.67. The summed E-state index contributed by atoms with van der Waals surface area (Å²) in [6.07, 6.45) is 4.24. The van der Waals surface area contributed by atoms with Crippen LogP contribution in [0.1, 0.15) is 55.3 Å². The number of hydrogen-bond donors (Lipinski definition) is 2. The minimum absolute atomic E-state index is 0.0299. The van der Waals surface area contributed by atoms with E-state index in [1.807, 2.05) is 49.4 Å². The van der Waals surface area contributed by atoms with Crippen LogP contribution in [-0.4, -0.2) is 32.0 Å². The zero-order valence-corrected chi connectivity index (χ0v) is 19.5. The second-order valence-electron chi connectivity index (χ2n) is 8.42. The van der Waals surface area contributed by atoms with Crippen LogP contribution in [0.4, 0.5) is 5.69 Å². The van der Waals surface area contributed by atoms with Crippen molar-refractivity contribution in [3.63, 3.8) is 0 Å². The van der Waals surface area contributed by atoms with Crippen LogP contribution in [0.15, 0.2) is 67.0 Å². The van der Waals surface area contributed by atoms with E-state index < -0.39 is 0 Å². The first-order valence-corrected chi connectivity index (χ1v) is 11.4. The highest BCUT2D eigenvalue weighted by molar-refractivity contribution is 7.80. The highest BCUT2D eigenvalue weighted by Gasteiger charge is 2.41. The molecule has 0 aliphatic carbocycles. The summed E-state index contributed by atoms with van der Waals surface area (Å²) in [7, 11) is 0. The van der Waals surface area contributed by atoms with E-state index in [-0.39, 0.29) is 18.0 Å². The number of benzene rings is 1. The van der Waals surface area contributed by atoms with Gasteiger partial charge in [0.05, 0.1) is 17.8 Å². The number of aryl methyl sites for hydroxylation is 1. The van der Waals surface area contributed by atoms with Gasteiger partial charge in [-0.25, -0.2) is 0 Å². The number of anilines is 1. The van der Waals surface area contributed by atoms with Gasteiger partial charge in [0.25, 0.3) is 0 Å². The van der Waals surface area contributed by atoms with E-state index >= 15 is 0 Å². The number of carbonyl (C=O) groups is 1. The first-order valence-electron chi connectivity index (χ1n) is 11.0. The Morgan fingerprint density at radius 1 is 1.19 bits per heavy atom. The van der Waals surface area contributed by atoms with Crippen LogP contribution in [0.2, 0.25) is 0 Å². The summed E-state index contributed by atoms with van der Waals surface area (Å²) in [5.41, 5.74) is 4.01. The predicted octanol–water partition coefficient (Wildman–Crippen LogP) is 4.77. The molecule has 0 bridgehead atoms. The molecule has 7 heteroatoms. The molecule has 3 heterocycles. The molecule has 2 N–H and O–H groups in total. The number of thiocarbonyl (C=S) groups is 1. The minimum atomic E-state index is -0.0871. The zero-order chi connectivity index (χ0) is 22.7. The lowest BCUT2D eigenvalue weighted by Crippen LogP contribution is -2.33. The molecule has 6 nitrogen and oxygen atoms in total. The monoisotopic (exact) mass is 447 g/mol. The molecule has 2 unspecified atom stereocenters. The average molecular weight is 448 g/mol. The highest BCUT2D eigenvalue weighted by atomic mass is 32.1. The van der Waals surface area contributed by atoms with Crippen molar-refractivity contribution in [2.24, 2.45) is 0 Å². The van der Waals surface area contributed by atoms with Crippen LogP contribution < -0.4 is 10.6 Å². The van der Waals surface area contributed by atoms with Gasteiger partial charge in [-0.15, -0.1) is 0 Å². The molecule has 0 saturated carbocycles. The Labute approximate surface area is 194 Å². The molecule has 1 saturated heterocycles. The SMILES string of the molecule is Cc1cccc(NC(=O)CCN2C(=S)NC(c3ccccn3)C2c2cccn2C(C)C)c1. The van der Waals surface area contributed by atoms with Crippen molar-refractivity contribution in [2.45, 2.75) is 45.3 Å². The highest BCUT2D eigenvalue weighted by Crippen LogP contribution is 2.39. The van der Waals surface area contributed by atoms with Crippen molar-refractivity contribution in [1.29, 1.82) is 0 Å². The van der Waals surface area contributed by atoms with Gasteiger partial charge in [-0.2, -0.15) is 0 Å². The summed E-state index contributed by atoms with van der Waals surface area (Å²) in [4.78, 5) is 19.4. The van der Waals surface area contributed by atoms with E-state index in [2.05, 4.69) is 57.3 Å². The Hall–Kier alpha value is -3.19. The maximum Gasteiger partial charge on any atom is 0.226 e. The summed E-state index contributed by atoms with van der Waals surface area (Å²) < 4.78 is 2.26. The van der Waals surface area contributed by atoms with Gasteiger partial charge in [-0.3, -0.25) is 9.78 Å². The number of carbonyl (C=O) groups excluding carboxylic acids is 1. The molecule has 0 radical (unpaired) electrons. The van der Waals surface area contributed by atoms with E-state index in [1.165, 1.54) is 0 Å². The van der Waals surface area contributed by atoms with Gasteiger partial charge < -0.3 is 20.1 Å². The van der Waals surface area contributed by atoms with E-state index in [9.17, 15) is 4.79 Å². The first kappa shape index (κ1) is 22.0. The summed E-state index contributed by atoms with van der Waals surface area (Å²) in [5.74, 6) is -0.0299. The van der Waals surface area contributed by atoms with Crippen molar-refractivity contribution in [2.75, 3.05) is 11.9 Å². The van der Waals surface area contributed by atoms with E-state index in [0.717, 1.165) is 22.6 Å². The summed E-state index contributed by atoms with van der Waals surface area (Å²) in [5, 5.41) is 7.10. The Morgan fingerprint density at radius 3 is 2.75 bits per heavy atom. The second kappa shape index (κ2) is 9.53. The fourth-order valence-corrected chi connectivity index (χ4v) is 4.60. The van der Waals surface area contributed by atoms with Gasteiger partial charge in [0, 0.05) is 42.8 Å². The third-order valence-corrected chi connectivity index (χ3v) is 6.10. The molecule has 1 aromatic carbocycles. The fraction of sp³-hybridized carbons (Fsp3) is 0.320. The summed E-state index contributed by atoms with van der Waals surface area (Å²) in [6, 6.07) is 18.1. The lowest BCUT2D eigenvalue weighted by molar-refractivity contribution is -0.116. The Morgan fingerprint density at radius 2 is 2.03 bits per heavy atom. The van der Waals surface area contributed by atoms with Crippen molar-refractivity contribution >= 4 is 28.9 Å². The molecule has 1 aliphatic rings. The van der Waals surface area contributed by atoms with Crippen LogP contribution >= 0.6 is 12.2 Å². The largest absolute Gasteiger partial charge is 0.352 e. The number of aromatic nitrogens is 2. The van der Waals surface area contributed by atoms with Gasteiger partial charge in [0.1, 0.15) is 0 Å². The molecule has 1 aliphatic heterocycles. The predicted molar refractivity (Wildman–Crippen MR) is 131 cm³/mol. The van der Waals surface area contributed by atoms with E-state index in [1.54, 1.807) is 6.20 Å². The maximum absolute atomic E-state index is 12.7. The maximum atomic E-state index is 12.7. The zero-order valence-electron chi connectivity index (χ0n) is 18.7. The van der Waals surface area contributed by atoms with Crippen LogP contribution in [0.5, 0.6) is 0 Å². The third-order valence-electron chi connectivity index (χ3n) is 5.75. The molecule has 1 amide bonds. The quantitative estimate of drug-likeness (QED) is 0.511. The molecule has 2 atom stereocenters. The lowest BCUT2D eigenvalue weighted by Gasteiger charge is -2.29. The smallest absolute Gasteiger partial charge is 0.226 e. The van der Waals surface area contributed by atoms with Crippen molar-refractivity contribution in [1.82, 2.24) is 19.8 Å². The fourth-order valence-electron chi connectivity index (χ4n) is 4.26. The number of pyridine rings is 1. The molecular weight excluding hydrogens is 418 g/mol. The number of rotatable bonds is 7. The first-order chi connectivity index (χ1) is 15.4. The number of nitrogens with one attached hydrogen (secondary N) is 2. The number of hydrogen-bond acceptors (Lipinski definition) is 3. The molecule has 2 aromatic heterocycles. The van der Waals surface area contributed by atoms with Crippen LogP contribution in [0, 0.1) is 6.92 Å². The molecule has 166 valence electrons. The van der Waals surface area contributed by atoms with Crippen LogP contribution in [-0.2, 0) is 4.79 Å². The Kier molecular flexibility index (Phi) is 6.55. The second-order valence-corrected chi connectivity index (χ2v) is 8.81. The Balaban J connectivity index is 1.57. The van der Waals surface area contributed by atoms with Gasteiger partial charge in [0.2, 0.25) is 5.91 Å². The van der Waals surface area contributed by atoms with E-state index in [4.69, 9.17) is 12.2 Å². The molecule has 4 rings (SSSR count). The van der Waals surface area contributed by atoms with Crippen LogP contribution in [0.25, 0.3) is 0 Å². The average Bonchev–Trinajstić information content (AvgIpc) is 3.37. The lowest BCUT2D eigenvalue weighted by atomic mass is 10.0. The standard InChI is InChI=1S/C25H29N5OS/c1-17(2)29-14-7-11-21(29)24-23(20-10-4-5-13-26-20)28-25(32)30(24)15-12-22(31)27-19-9-6-8-18(3)16-19/h4-11,13-14,16-17,23-24H,12,15H2,1-3H3,(H,27,31)(H,28,32). The van der Waals surface area contributed by atoms with Gasteiger partial charge >= 0.3 is 0 Å². The number of amides is 1. The van der Waals surface area contributed by atoms with Crippen LogP contribution in [0.3, 0.4) is 0 Å². The van der Waals surface area contributed by atoms with Gasteiger partial charge in [-0.05, 0) is 75.0 Å². The normalized spacial score (nSPS) is 18.1. The van der Waals surface area contributed by atoms with E-state index in [0.29, 0.717) is 24.1 Å². The van der Waals surface area contributed by atoms with Gasteiger partial charge in [-0.1, -0.05) is 18.2 Å². The van der Waals surface area contributed by atoms with Crippen molar-refractivity contribution in [3.8, 4) is 0 Å². The van der Waals surface area contributed by atoms with Crippen molar-refractivity contribution in [3.05, 3.63) is 83.9 Å². The Bertz CT molecular complexity index is 1090. The number of nitrogens with zero attached hydrogens (tertiary/aromatic N) is 3. The molecule has 1 fully saturated rings. The molecule has 0 spiro atoms. The topological polar surface area (TPSA) is 62.2 Å². The summed E-state index contributed by atoms with van der Waals surface area (Å²) >= 11 is 5.72. The molecule has 32 heavy (non-hydrogen) atoms. The van der Waals surface area contributed by atoms with Crippen molar-refractivity contribution < 1.29 is 4.79 Å². The molecular formula is C25H29N5OS. The molecule has 3 aromatic rings. The summed E-state index contributed by atoms with van der Waals surface area (Å²) in [6.45, 7) is 6.86. The minimum Gasteiger partial charge on any atom is -0.352 e. The van der Waals surface area contributed by atoms with Gasteiger partial charge in [0.15, 0.2) is 5.11 Å².